The number of sulfonamides is 1. The van der Waals surface area contributed by atoms with Gasteiger partial charge in [0.05, 0.1) is 18.0 Å². The van der Waals surface area contributed by atoms with Crippen LogP contribution in [0.25, 0.3) is 11.3 Å². The Morgan fingerprint density at radius 3 is 2.32 bits per heavy atom. The van der Waals surface area contributed by atoms with Gasteiger partial charge in [-0.15, -0.1) is 11.3 Å². The Labute approximate surface area is 186 Å². The summed E-state index contributed by atoms with van der Waals surface area (Å²) in [6.45, 7) is 2.70. The van der Waals surface area contributed by atoms with E-state index in [2.05, 4.69) is 10.3 Å². The van der Waals surface area contributed by atoms with Gasteiger partial charge in [0, 0.05) is 56.5 Å². The van der Waals surface area contributed by atoms with E-state index in [1.807, 2.05) is 30.3 Å². The Kier molecular flexibility index (Phi) is 6.80. The minimum atomic E-state index is -3.51. The average molecular weight is 463 g/mol. The van der Waals surface area contributed by atoms with Gasteiger partial charge in [-0.25, -0.2) is 13.4 Å². The van der Waals surface area contributed by atoms with Gasteiger partial charge in [-0.05, 0) is 6.42 Å². The lowest BCUT2D eigenvalue weighted by molar-refractivity contribution is -0.147. The summed E-state index contributed by atoms with van der Waals surface area (Å²) >= 11 is 1.61. The molecular weight excluding hydrogens is 436 g/mol. The normalized spacial score (nSPS) is 19.2. The summed E-state index contributed by atoms with van der Waals surface area (Å²) < 4.78 is 26.9. The minimum absolute atomic E-state index is 0.0540. The van der Waals surface area contributed by atoms with E-state index in [-0.39, 0.29) is 24.1 Å². The molecule has 0 bridgehead atoms. The van der Waals surface area contributed by atoms with Gasteiger partial charge in [0.1, 0.15) is 5.01 Å². The number of nitrogens with zero attached hydrogens (tertiary/aromatic N) is 4. The van der Waals surface area contributed by atoms with Crippen molar-refractivity contribution in [3.63, 3.8) is 0 Å². The molecule has 2 aliphatic rings. The first-order valence-electron chi connectivity index (χ1n) is 10.5. The maximum absolute atomic E-state index is 12.7. The lowest BCUT2D eigenvalue weighted by Gasteiger charge is -2.34. The molecule has 8 nitrogen and oxygen atoms in total. The molecule has 10 heteroatoms. The zero-order valence-electron chi connectivity index (χ0n) is 17.3. The summed E-state index contributed by atoms with van der Waals surface area (Å²) in [6, 6.07) is 10.0. The van der Waals surface area contributed by atoms with Gasteiger partial charge in [-0.2, -0.15) is 4.31 Å². The van der Waals surface area contributed by atoms with Gasteiger partial charge in [0.2, 0.25) is 21.8 Å². The Bertz CT molecular complexity index is 1010. The van der Waals surface area contributed by atoms with Crippen molar-refractivity contribution in [2.75, 3.05) is 38.5 Å². The van der Waals surface area contributed by atoms with E-state index in [1.165, 1.54) is 4.31 Å². The number of carbonyl (C=O) groups is 2. The van der Waals surface area contributed by atoms with Gasteiger partial charge in [-0.3, -0.25) is 19.4 Å². The number of imide groups is 1. The van der Waals surface area contributed by atoms with Crippen molar-refractivity contribution in [2.24, 2.45) is 0 Å². The van der Waals surface area contributed by atoms with Crippen LogP contribution in [0.15, 0.2) is 35.7 Å². The van der Waals surface area contributed by atoms with Crippen LogP contribution in [-0.4, -0.2) is 77.8 Å². The molecule has 2 aromatic rings. The number of thiazole rings is 1. The third-order valence-electron chi connectivity index (χ3n) is 5.66. The zero-order valence-corrected chi connectivity index (χ0v) is 18.9. The van der Waals surface area contributed by atoms with Crippen LogP contribution in [0.5, 0.6) is 0 Å². The lowest BCUT2D eigenvalue weighted by atomic mass is 10.1. The molecule has 31 heavy (non-hydrogen) atoms. The number of amides is 2. The van der Waals surface area contributed by atoms with E-state index in [4.69, 9.17) is 4.98 Å². The molecule has 2 aliphatic heterocycles. The summed E-state index contributed by atoms with van der Waals surface area (Å²) in [5, 5.41) is 3.06. The summed E-state index contributed by atoms with van der Waals surface area (Å²) in [7, 11) is -3.51. The highest BCUT2D eigenvalue weighted by atomic mass is 32.2. The topological polar surface area (TPSA) is 90.9 Å². The molecule has 2 amide bonds. The van der Waals surface area contributed by atoms with Gasteiger partial charge in [-0.1, -0.05) is 30.3 Å². The van der Waals surface area contributed by atoms with E-state index in [9.17, 15) is 18.0 Å². The SMILES string of the molecule is O=C1CCCC(=O)N1CCS(=O)(=O)N1CCN(Cc2nc(-c3ccccc3)cs2)CC1. The highest BCUT2D eigenvalue weighted by Crippen LogP contribution is 2.23. The standard InChI is InChI=1S/C21H26N4O4S2/c26-20-7-4-8-21(27)25(20)13-14-31(28,29)24-11-9-23(10-12-24)15-19-22-18(16-30-19)17-5-2-1-3-6-17/h1-3,5-6,16H,4,7-15H2. The highest BCUT2D eigenvalue weighted by Gasteiger charge is 2.31. The lowest BCUT2D eigenvalue weighted by Crippen LogP contribution is -2.50. The van der Waals surface area contributed by atoms with Crippen LogP contribution in [0.1, 0.15) is 24.3 Å². The van der Waals surface area contributed by atoms with E-state index in [1.54, 1.807) is 11.3 Å². The van der Waals surface area contributed by atoms with E-state index in [0.29, 0.717) is 52.0 Å². The zero-order chi connectivity index (χ0) is 21.8. The fourth-order valence-corrected chi connectivity index (χ4v) is 6.10. The van der Waals surface area contributed by atoms with Crippen LogP contribution in [0.2, 0.25) is 0 Å². The van der Waals surface area contributed by atoms with Crippen LogP contribution in [0.3, 0.4) is 0 Å². The number of piperidine rings is 1. The first-order valence-corrected chi connectivity index (χ1v) is 12.9. The average Bonchev–Trinajstić information content (AvgIpc) is 3.23. The summed E-state index contributed by atoms with van der Waals surface area (Å²) in [5.41, 5.74) is 2.05. The molecule has 0 N–H and O–H groups in total. The quantitative estimate of drug-likeness (QED) is 0.583. The first-order chi connectivity index (χ1) is 14.9. The highest BCUT2D eigenvalue weighted by molar-refractivity contribution is 7.89. The Balaban J connectivity index is 1.27. The van der Waals surface area contributed by atoms with Crippen molar-refractivity contribution in [3.05, 3.63) is 40.7 Å². The third-order valence-corrected chi connectivity index (χ3v) is 8.35. The van der Waals surface area contributed by atoms with E-state index < -0.39 is 10.0 Å². The first kappa shape index (κ1) is 22.1. The number of hydrogen-bond donors (Lipinski definition) is 0. The molecule has 166 valence electrons. The number of rotatable bonds is 7. The van der Waals surface area contributed by atoms with Crippen molar-refractivity contribution in [1.29, 1.82) is 0 Å². The fraction of sp³-hybridized carbons (Fsp3) is 0.476. The summed E-state index contributed by atoms with van der Waals surface area (Å²) in [4.78, 5) is 31.8. The van der Waals surface area contributed by atoms with Crippen LogP contribution in [-0.2, 0) is 26.2 Å². The molecule has 1 aromatic heterocycles. The number of carbonyl (C=O) groups excluding carboxylic acids is 2. The van der Waals surface area contributed by atoms with Crippen molar-refractivity contribution in [3.8, 4) is 11.3 Å². The predicted molar refractivity (Wildman–Crippen MR) is 119 cm³/mol. The van der Waals surface area contributed by atoms with E-state index in [0.717, 1.165) is 21.2 Å². The molecule has 0 spiro atoms. The van der Waals surface area contributed by atoms with Crippen LogP contribution < -0.4 is 0 Å². The van der Waals surface area contributed by atoms with Crippen molar-refractivity contribution in [2.45, 2.75) is 25.8 Å². The van der Waals surface area contributed by atoms with Gasteiger partial charge in [0.15, 0.2) is 0 Å². The smallest absolute Gasteiger partial charge is 0.229 e. The van der Waals surface area contributed by atoms with Crippen LogP contribution in [0.4, 0.5) is 0 Å². The predicted octanol–water partition coefficient (Wildman–Crippen LogP) is 1.80. The number of piperazine rings is 1. The minimum Gasteiger partial charge on any atom is -0.294 e. The Hall–Kier alpha value is -2.14. The molecule has 1 aromatic carbocycles. The molecule has 4 rings (SSSR count). The largest absolute Gasteiger partial charge is 0.294 e. The molecule has 2 saturated heterocycles. The molecule has 0 saturated carbocycles. The maximum Gasteiger partial charge on any atom is 0.229 e. The van der Waals surface area contributed by atoms with Crippen LogP contribution in [0, 0.1) is 0 Å². The maximum atomic E-state index is 12.7. The van der Waals surface area contributed by atoms with Crippen molar-refractivity contribution < 1.29 is 18.0 Å². The van der Waals surface area contributed by atoms with Crippen molar-refractivity contribution >= 4 is 33.2 Å². The van der Waals surface area contributed by atoms with Gasteiger partial charge >= 0.3 is 0 Å². The van der Waals surface area contributed by atoms with Gasteiger partial charge < -0.3 is 0 Å². The Morgan fingerprint density at radius 2 is 1.65 bits per heavy atom. The summed E-state index contributed by atoms with van der Waals surface area (Å²) in [5.74, 6) is -0.749. The Morgan fingerprint density at radius 1 is 0.968 bits per heavy atom. The molecule has 2 fully saturated rings. The van der Waals surface area contributed by atoms with Crippen molar-refractivity contribution in [1.82, 2.24) is 19.1 Å². The van der Waals surface area contributed by atoms with Crippen LogP contribution >= 0.6 is 11.3 Å². The fourth-order valence-electron chi connectivity index (χ4n) is 3.87. The molecule has 0 unspecified atom stereocenters. The molecular formula is C21H26N4O4S2. The second-order valence-electron chi connectivity index (χ2n) is 7.78. The molecule has 0 aliphatic carbocycles. The monoisotopic (exact) mass is 462 g/mol. The van der Waals surface area contributed by atoms with Gasteiger partial charge in [0.25, 0.3) is 0 Å². The second-order valence-corrected chi connectivity index (χ2v) is 10.8. The van der Waals surface area contributed by atoms with E-state index >= 15 is 0 Å². The number of hydrogen-bond acceptors (Lipinski definition) is 7. The number of likely N-dealkylation sites (tertiary alicyclic amines) is 1. The summed E-state index contributed by atoms with van der Waals surface area (Å²) in [6.07, 6.45) is 1.18. The number of aromatic nitrogens is 1. The number of benzene rings is 1. The second kappa shape index (κ2) is 9.56. The molecule has 0 radical (unpaired) electrons. The third kappa shape index (κ3) is 5.38. The molecule has 0 atom stereocenters. The molecule has 3 heterocycles.